The first-order valence-corrected chi connectivity index (χ1v) is 9.80. The summed E-state index contributed by atoms with van der Waals surface area (Å²) in [6, 6.07) is 13.1. The number of rotatable bonds is 6. The summed E-state index contributed by atoms with van der Waals surface area (Å²) in [5.74, 6) is -0.0179. The maximum Gasteiger partial charge on any atom is 0.240 e. The number of fused-ring (bicyclic) bond motifs is 1. The molecule has 0 fully saturated rings. The molecular formula is C19H22N2O3S. The quantitative estimate of drug-likeness (QED) is 0.807. The van der Waals surface area contributed by atoms with Gasteiger partial charge in [0.25, 0.3) is 0 Å². The number of benzene rings is 2. The molecule has 1 aliphatic heterocycles. The average Bonchev–Trinajstić information content (AvgIpc) is 2.86. The maximum atomic E-state index is 12.5. The molecule has 0 saturated heterocycles. The predicted octanol–water partition coefficient (Wildman–Crippen LogP) is 2.43. The van der Waals surface area contributed by atoms with Crippen LogP contribution < -0.4 is 9.62 Å². The van der Waals surface area contributed by atoms with Crippen LogP contribution in [0, 0.1) is 6.92 Å². The summed E-state index contributed by atoms with van der Waals surface area (Å²) in [7, 11) is -1.86. The molecule has 1 aliphatic rings. The average molecular weight is 358 g/mol. The van der Waals surface area contributed by atoms with E-state index in [1.165, 1.54) is 11.1 Å². The van der Waals surface area contributed by atoms with Gasteiger partial charge in [0.2, 0.25) is 15.9 Å². The topological polar surface area (TPSA) is 66.5 Å². The van der Waals surface area contributed by atoms with Crippen LogP contribution in [0.2, 0.25) is 0 Å². The lowest BCUT2D eigenvalue weighted by atomic mass is 10.1. The molecule has 1 amide bonds. The minimum Gasteiger partial charge on any atom is -0.315 e. The van der Waals surface area contributed by atoms with Gasteiger partial charge in [0, 0.05) is 19.3 Å². The van der Waals surface area contributed by atoms with Gasteiger partial charge < -0.3 is 4.90 Å². The van der Waals surface area contributed by atoms with Crippen LogP contribution in [0.1, 0.15) is 23.1 Å². The Balaban J connectivity index is 1.61. The van der Waals surface area contributed by atoms with Crippen molar-refractivity contribution in [1.82, 2.24) is 4.72 Å². The van der Waals surface area contributed by atoms with Crippen LogP contribution in [-0.2, 0) is 27.7 Å². The van der Waals surface area contributed by atoms with E-state index in [2.05, 4.69) is 16.9 Å². The van der Waals surface area contributed by atoms with Crippen LogP contribution in [0.25, 0.3) is 0 Å². The number of carbonyl (C=O) groups excluding carboxylic acids is 1. The van der Waals surface area contributed by atoms with Gasteiger partial charge in [-0.05, 0) is 49.1 Å². The van der Waals surface area contributed by atoms with Gasteiger partial charge in [0.05, 0.1) is 11.3 Å². The largest absolute Gasteiger partial charge is 0.315 e. The van der Waals surface area contributed by atoms with Gasteiger partial charge in [0.1, 0.15) is 0 Å². The lowest BCUT2D eigenvalue weighted by Crippen LogP contribution is -2.25. The minimum absolute atomic E-state index is 0.0179. The van der Waals surface area contributed by atoms with E-state index < -0.39 is 10.0 Å². The fourth-order valence-electron chi connectivity index (χ4n) is 3.06. The van der Waals surface area contributed by atoms with Crippen molar-refractivity contribution in [3.05, 3.63) is 59.2 Å². The molecule has 2 aromatic carbocycles. The third-order valence-corrected chi connectivity index (χ3v) is 5.91. The van der Waals surface area contributed by atoms with E-state index in [9.17, 15) is 13.2 Å². The monoisotopic (exact) mass is 358 g/mol. The zero-order chi connectivity index (χ0) is 18.0. The SMILES string of the molecule is Cc1cccc(CCCNS(=O)(=O)c2ccc3c(c2)CC(=O)N3C)c1. The predicted molar refractivity (Wildman–Crippen MR) is 98.2 cm³/mol. The number of nitrogens with zero attached hydrogens (tertiary/aromatic N) is 1. The van der Waals surface area contributed by atoms with E-state index in [-0.39, 0.29) is 17.2 Å². The molecule has 5 nitrogen and oxygen atoms in total. The van der Waals surface area contributed by atoms with Gasteiger partial charge in [-0.1, -0.05) is 29.8 Å². The van der Waals surface area contributed by atoms with Crippen molar-refractivity contribution in [2.24, 2.45) is 0 Å². The summed E-state index contributed by atoms with van der Waals surface area (Å²) in [5.41, 5.74) is 3.95. The summed E-state index contributed by atoms with van der Waals surface area (Å²) in [6.07, 6.45) is 1.81. The third kappa shape index (κ3) is 3.91. The number of hydrogen-bond acceptors (Lipinski definition) is 3. The summed E-state index contributed by atoms with van der Waals surface area (Å²) in [5, 5.41) is 0. The Bertz CT molecular complexity index is 907. The van der Waals surface area contributed by atoms with Crippen LogP contribution in [0.4, 0.5) is 5.69 Å². The van der Waals surface area contributed by atoms with E-state index in [0.717, 1.165) is 24.1 Å². The van der Waals surface area contributed by atoms with Crippen LogP contribution >= 0.6 is 0 Å². The van der Waals surface area contributed by atoms with Crippen molar-refractivity contribution >= 4 is 21.6 Å². The molecule has 0 unspecified atom stereocenters. The Morgan fingerprint density at radius 2 is 1.96 bits per heavy atom. The maximum absolute atomic E-state index is 12.5. The Kier molecular flexibility index (Phi) is 4.92. The number of carbonyl (C=O) groups is 1. The van der Waals surface area contributed by atoms with E-state index in [1.807, 2.05) is 19.1 Å². The standard InChI is InChI=1S/C19H22N2O3S/c1-14-5-3-6-15(11-14)7-4-10-20-25(23,24)17-8-9-18-16(12-17)13-19(22)21(18)2/h3,5-6,8-9,11-12,20H,4,7,10,13H2,1-2H3. The fourth-order valence-corrected chi connectivity index (χ4v) is 4.19. The molecule has 132 valence electrons. The highest BCUT2D eigenvalue weighted by atomic mass is 32.2. The second-order valence-corrected chi connectivity index (χ2v) is 8.18. The number of sulfonamides is 1. The molecule has 0 saturated carbocycles. The number of anilines is 1. The first-order chi connectivity index (χ1) is 11.9. The second-order valence-electron chi connectivity index (χ2n) is 6.41. The lowest BCUT2D eigenvalue weighted by molar-refractivity contribution is -0.117. The zero-order valence-corrected chi connectivity index (χ0v) is 15.3. The molecule has 0 radical (unpaired) electrons. The van der Waals surface area contributed by atoms with Crippen LogP contribution in [0.15, 0.2) is 47.4 Å². The van der Waals surface area contributed by atoms with Gasteiger partial charge >= 0.3 is 0 Å². The molecular weight excluding hydrogens is 336 g/mol. The lowest BCUT2D eigenvalue weighted by Gasteiger charge is -2.11. The zero-order valence-electron chi connectivity index (χ0n) is 14.5. The molecule has 3 rings (SSSR count). The first-order valence-electron chi connectivity index (χ1n) is 8.31. The Morgan fingerprint density at radius 1 is 1.16 bits per heavy atom. The molecule has 2 aromatic rings. The number of aryl methyl sites for hydroxylation is 2. The number of hydrogen-bond donors (Lipinski definition) is 1. The summed E-state index contributed by atoms with van der Waals surface area (Å²) in [4.78, 5) is 13.5. The van der Waals surface area contributed by atoms with Crippen LogP contribution in [0.5, 0.6) is 0 Å². The number of amides is 1. The van der Waals surface area contributed by atoms with Crippen molar-refractivity contribution in [2.75, 3.05) is 18.5 Å². The van der Waals surface area contributed by atoms with Crippen molar-refractivity contribution in [3.8, 4) is 0 Å². The van der Waals surface area contributed by atoms with Crippen molar-refractivity contribution in [1.29, 1.82) is 0 Å². The summed E-state index contributed by atoms with van der Waals surface area (Å²) >= 11 is 0. The molecule has 0 bridgehead atoms. The molecule has 25 heavy (non-hydrogen) atoms. The molecule has 0 aliphatic carbocycles. The molecule has 0 spiro atoms. The van der Waals surface area contributed by atoms with E-state index >= 15 is 0 Å². The highest BCUT2D eigenvalue weighted by molar-refractivity contribution is 7.89. The van der Waals surface area contributed by atoms with Gasteiger partial charge in [-0.15, -0.1) is 0 Å². The highest BCUT2D eigenvalue weighted by Crippen LogP contribution is 2.29. The Morgan fingerprint density at radius 3 is 2.72 bits per heavy atom. The van der Waals surface area contributed by atoms with Crippen LogP contribution in [-0.4, -0.2) is 27.9 Å². The summed E-state index contributed by atoms with van der Waals surface area (Å²) in [6.45, 7) is 2.43. The van der Waals surface area contributed by atoms with E-state index in [4.69, 9.17) is 0 Å². The van der Waals surface area contributed by atoms with Crippen molar-refractivity contribution in [3.63, 3.8) is 0 Å². The highest BCUT2D eigenvalue weighted by Gasteiger charge is 2.26. The smallest absolute Gasteiger partial charge is 0.240 e. The fraction of sp³-hybridized carbons (Fsp3) is 0.316. The third-order valence-electron chi connectivity index (χ3n) is 4.46. The number of nitrogens with one attached hydrogen (secondary N) is 1. The second kappa shape index (κ2) is 6.98. The first kappa shape index (κ1) is 17.6. The normalized spacial score (nSPS) is 14.0. The number of likely N-dealkylation sites (N-methyl/N-ethyl adjacent to an activating group) is 1. The molecule has 6 heteroatoms. The van der Waals surface area contributed by atoms with E-state index in [1.54, 1.807) is 30.1 Å². The van der Waals surface area contributed by atoms with E-state index in [0.29, 0.717) is 6.54 Å². The van der Waals surface area contributed by atoms with Gasteiger partial charge in [0.15, 0.2) is 0 Å². The molecule has 1 N–H and O–H groups in total. The van der Waals surface area contributed by atoms with Gasteiger partial charge in [-0.2, -0.15) is 0 Å². The molecule has 1 heterocycles. The minimum atomic E-state index is -3.56. The molecule has 0 atom stereocenters. The van der Waals surface area contributed by atoms with Gasteiger partial charge in [-0.3, -0.25) is 4.79 Å². The summed E-state index contributed by atoms with van der Waals surface area (Å²) < 4.78 is 27.5. The van der Waals surface area contributed by atoms with Crippen LogP contribution in [0.3, 0.4) is 0 Å². The van der Waals surface area contributed by atoms with Crippen molar-refractivity contribution in [2.45, 2.75) is 31.1 Å². The van der Waals surface area contributed by atoms with Crippen molar-refractivity contribution < 1.29 is 13.2 Å². The Hall–Kier alpha value is -2.18. The van der Waals surface area contributed by atoms with Gasteiger partial charge in [-0.25, -0.2) is 13.1 Å². The molecule has 0 aromatic heterocycles. The Labute approximate surface area is 148 Å².